The van der Waals surface area contributed by atoms with Crippen LogP contribution in [0.4, 0.5) is 11.6 Å². The molecule has 1 saturated heterocycles. The first-order chi connectivity index (χ1) is 16.0. The number of hydrogen-bond acceptors (Lipinski definition) is 8. The zero-order valence-corrected chi connectivity index (χ0v) is 19.7. The Bertz CT molecular complexity index is 1290. The van der Waals surface area contributed by atoms with Crippen molar-refractivity contribution in [1.82, 2.24) is 20.3 Å². The van der Waals surface area contributed by atoms with E-state index in [0.717, 1.165) is 32.3 Å². The Hall–Kier alpha value is -3.14. The van der Waals surface area contributed by atoms with E-state index >= 15 is 0 Å². The van der Waals surface area contributed by atoms with Crippen molar-refractivity contribution in [2.24, 2.45) is 0 Å². The second-order valence-corrected chi connectivity index (χ2v) is 10.1. The van der Waals surface area contributed by atoms with Crippen LogP contribution in [0.15, 0.2) is 54.2 Å². The Morgan fingerprint density at radius 3 is 2.91 bits per heavy atom. The maximum atomic E-state index is 11.7. The summed E-state index contributed by atoms with van der Waals surface area (Å²) in [6, 6.07) is 12.1. The molecule has 0 spiro atoms. The molecule has 9 heteroatoms. The van der Waals surface area contributed by atoms with Crippen molar-refractivity contribution in [3.05, 3.63) is 64.7 Å². The quantitative estimate of drug-likeness (QED) is 0.379. The van der Waals surface area contributed by atoms with Crippen LogP contribution in [0.3, 0.4) is 0 Å². The zero-order chi connectivity index (χ0) is 22.8. The summed E-state index contributed by atoms with van der Waals surface area (Å²) in [4.78, 5) is 27.3. The number of benzene rings is 1. The molecule has 33 heavy (non-hydrogen) atoms. The van der Waals surface area contributed by atoms with E-state index < -0.39 is 5.60 Å². The van der Waals surface area contributed by atoms with E-state index in [1.807, 2.05) is 42.6 Å². The molecule has 7 nitrogen and oxygen atoms in total. The third-order valence-electron chi connectivity index (χ3n) is 5.58. The molecule has 4 heterocycles. The fourth-order valence-electron chi connectivity index (χ4n) is 3.89. The Balaban J connectivity index is 1.40. The third-order valence-corrected chi connectivity index (χ3v) is 7.71. The number of hydrogen-bond donors (Lipinski definition) is 3. The highest BCUT2D eigenvalue weighted by Crippen LogP contribution is 2.38. The van der Waals surface area contributed by atoms with Crippen LogP contribution in [0.2, 0.25) is 0 Å². The molecule has 3 aromatic heterocycles. The first-order valence-corrected chi connectivity index (χ1v) is 12.4. The lowest BCUT2D eigenvalue weighted by Gasteiger charge is -2.22. The van der Waals surface area contributed by atoms with Gasteiger partial charge < -0.3 is 15.7 Å². The molecule has 168 valence electrons. The molecule has 1 aromatic carbocycles. The summed E-state index contributed by atoms with van der Waals surface area (Å²) in [5, 5.41) is 20.0. The number of rotatable bonds is 5. The van der Waals surface area contributed by atoms with Gasteiger partial charge in [-0.2, -0.15) is 0 Å². The predicted octanol–water partition coefficient (Wildman–Crippen LogP) is 4.87. The van der Waals surface area contributed by atoms with Crippen LogP contribution < -0.4 is 10.6 Å². The summed E-state index contributed by atoms with van der Waals surface area (Å²) in [5.74, 6) is 0.509. The van der Waals surface area contributed by atoms with Gasteiger partial charge >= 0.3 is 0 Å². The van der Waals surface area contributed by atoms with Crippen LogP contribution in [0.25, 0.3) is 21.0 Å². The predicted molar refractivity (Wildman–Crippen MR) is 132 cm³/mol. The van der Waals surface area contributed by atoms with Gasteiger partial charge in [-0.3, -0.25) is 4.79 Å². The van der Waals surface area contributed by atoms with Gasteiger partial charge in [-0.25, -0.2) is 15.0 Å². The molecule has 0 radical (unpaired) electrons. The van der Waals surface area contributed by atoms with E-state index in [-0.39, 0.29) is 5.91 Å². The molecule has 0 saturated carbocycles. The number of aliphatic hydroxyl groups is 1. The minimum atomic E-state index is -1.08. The van der Waals surface area contributed by atoms with Crippen molar-refractivity contribution in [3.63, 3.8) is 0 Å². The number of carbonyl (C=O) groups is 1. The number of nitrogens with one attached hydrogen (secondary N) is 2. The molecule has 0 bridgehead atoms. The SMILES string of the molecule is Cc1cc(Nc2nccc(-c3cccs3)n2)cc(-c2cnc(C3(O)CCNC(=O)CC3)s2)c1. The van der Waals surface area contributed by atoms with Crippen LogP contribution >= 0.6 is 22.7 Å². The zero-order valence-electron chi connectivity index (χ0n) is 18.0. The number of carbonyl (C=O) groups excluding carboxylic acids is 1. The number of amides is 1. The molecular weight excluding hydrogens is 454 g/mol. The van der Waals surface area contributed by atoms with Crippen LogP contribution in [0.1, 0.15) is 29.8 Å². The Kier molecular flexibility index (Phi) is 5.92. The van der Waals surface area contributed by atoms with Crippen LogP contribution in [0, 0.1) is 6.92 Å². The van der Waals surface area contributed by atoms with Gasteiger partial charge in [0.05, 0.1) is 15.4 Å². The molecule has 5 rings (SSSR count). The molecule has 1 atom stereocenters. The number of thiazole rings is 1. The van der Waals surface area contributed by atoms with Crippen LogP contribution in [-0.2, 0) is 10.4 Å². The lowest BCUT2D eigenvalue weighted by atomic mass is 9.96. The molecule has 4 aromatic rings. The lowest BCUT2D eigenvalue weighted by Crippen LogP contribution is -2.27. The van der Waals surface area contributed by atoms with Gasteiger partial charge in [0.15, 0.2) is 0 Å². The third kappa shape index (κ3) is 4.80. The molecule has 3 N–H and O–H groups in total. The number of nitrogens with zero attached hydrogens (tertiary/aromatic N) is 3. The van der Waals surface area contributed by atoms with E-state index in [0.29, 0.717) is 36.8 Å². The minimum Gasteiger partial charge on any atom is -0.383 e. The maximum Gasteiger partial charge on any atom is 0.227 e. The highest BCUT2D eigenvalue weighted by molar-refractivity contribution is 7.15. The van der Waals surface area contributed by atoms with Crippen molar-refractivity contribution in [3.8, 4) is 21.0 Å². The highest BCUT2D eigenvalue weighted by Gasteiger charge is 2.35. The van der Waals surface area contributed by atoms with Crippen molar-refractivity contribution in [2.75, 3.05) is 11.9 Å². The normalized spacial score (nSPS) is 18.5. The standard InChI is InChI=1S/C24H23N5O2S2/c1-15-11-16(20-14-27-22(33-20)24(31)6-4-21(30)25-9-7-24)13-17(12-15)28-23-26-8-5-18(29-23)19-3-2-10-32-19/h2-3,5,8,10-14,31H,4,6-7,9H2,1H3,(H,25,30)(H,26,28,29). The summed E-state index contributed by atoms with van der Waals surface area (Å²) in [6.45, 7) is 2.49. The van der Waals surface area contributed by atoms with Crippen molar-refractivity contribution in [2.45, 2.75) is 31.8 Å². The van der Waals surface area contributed by atoms with E-state index in [9.17, 15) is 9.90 Å². The van der Waals surface area contributed by atoms with Crippen molar-refractivity contribution >= 4 is 40.2 Å². The van der Waals surface area contributed by atoms with Gasteiger partial charge in [0.25, 0.3) is 0 Å². The van der Waals surface area contributed by atoms with Gasteiger partial charge in [0.2, 0.25) is 11.9 Å². The fourth-order valence-corrected chi connectivity index (χ4v) is 5.63. The Labute approximate surface area is 199 Å². The summed E-state index contributed by atoms with van der Waals surface area (Å²) in [5.41, 5.74) is 2.77. The number of anilines is 2. The van der Waals surface area contributed by atoms with E-state index in [1.165, 1.54) is 11.3 Å². The van der Waals surface area contributed by atoms with Gasteiger partial charge in [-0.1, -0.05) is 12.1 Å². The number of aryl methyl sites for hydroxylation is 1. The first-order valence-electron chi connectivity index (χ1n) is 10.7. The van der Waals surface area contributed by atoms with Crippen molar-refractivity contribution < 1.29 is 9.90 Å². The lowest BCUT2D eigenvalue weighted by molar-refractivity contribution is -0.121. The van der Waals surface area contributed by atoms with Crippen LogP contribution in [-0.4, -0.2) is 32.5 Å². The summed E-state index contributed by atoms with van der Waals surface area (Å²) in [6.07, 6.45) is 4.69. The fraction of sp³-hybridized carbons (Fsp3) is 0.250. The van der Waals surface area contributed by atoms with Crippen molar-refractivity contribution in [1.29, 1.82) is 0 Å². The highest BCUT2D eigenvalue weighted by atomic mass is 32.1. The molecular formula is C24H23N5O2S2. The summed E-state index contributed by atoms with van der Waals surface area (Å²) < 4.78 is 0. The molecule has 1 aliphatic rings. The van der Waals surface area contributed by atoms with Crippen LogP contribution in [0.5, 0.6) is 0 Å². The molecule has 1 unspecified atom stereocenters. The smallest absolute Gasteiger partial charge is 0.227 e. The summed E-state index contributed by atoms with van der Waals surface area (Å²) >= 11 is 3.11. The Morgan fingerprint density at radius 2 is 2.06 bits per heavy atom. The first kappa shape index (κ1) is 21.7. The average Bonchev–Trinajstić information content (AvgIpc) is 3.48. The summed E-state index contributed by atoms with van der Waals surface area (Å²) in [7, 11) is 0. The van der Waals surface area contributed by atoms with Gasteiger partial charge in [-0.05, 0) is 54.1 Å². The monoisotopic (exact) mass is 477 g/mol. The molecule has 1 aliphatic heterocycles. The van der Waals surface area contributed by atoms with E-state index in [4.69, 9.17) is 0 Å². The minimum absolute atomic E-state index is 0.0255. The molecule has 1 fully saturated rings. The largest absolute Gasteiger partial charge is 0.383 e. The second kappa shape index (κ2) is 9.01. The van der Waals surface area contributed by atoms with Gasteiger partial charge in [0, 0.05) is 37.5 Å². The van der Waals surface area contributed by atoms with E-state index in [1.54, 1.807) is 23.7 Å². The molecule has 0 aliphatic carbocycles. The molecule has 1 amide bonds. The van der Waals surface area contributed by atoms with Gasteiger partial charge in [0.1, 0.15) is 10.6 Å². The second-order valence-electron chi connectivity index (χ2n) is 8.12. The Morgan fingerprint density at radius 1 is 1.15 bits per heavy atom. The van der Waals surface area contributed by atoms with Gasteiger partial charge in [-0.15, -0.1) is 22.7 Å². The number of aromatic nitrogens is 3. The topological polar surface area (TPSA) is 100 Å². The number of thiophene rings is 1. The average molecular weight is 478 g/mol. The van der Waals surface area contributed by atoms with E-state index in [2.05, 4.69) is 31.7 Å². The maximum absolute atomic E-state index is 11.7.